The summed E-state index contributed by atoms with van der Waals surface area (Å²) in [7, 11) is 1.93. The second-order valence-corrected chi connectivity index (χ2v) is 16.5. The van der Waals surface area contributed by atoms with Crippen molar-refractivity contribution in [3.63, 3.8) is 0 Å². The van der Waals surface area contributed by atoms with Crippen LogP contribution in [0.1, 0.15) is 126 Å². The molecule has 1 saturated heterocycles. The lowest BCUT2D eigenvalue weighted by molar-refractivity contribution is -0.159. The number of phenols is 1. The molecule has 1 aromatic heterocycles. The lowest BCUT2D eigenvalue weighted by Gasteiger charge is -2.39. The average molecular weight is 801 g/mol. The highest BCUT2D eigenvalue weighted by Crippen LogP contribution is 2.29. The molecule has 56 heavy (non-hydrogen) atoms. The van der Waals surface area contributed by atoms with Crippen molar-refractivity contribution in [2.75, 3.05) is 20.3 Å². The first kappa shape index (κ1) is 46.3. The number of likely N-dealkylation sites (tertiary alicyclic amines) is 1. The van der Waals surface area contributed by atoms with Crippen molar-refractivity contribution in [1.82, 2.24) is 25.4 Å². The number of aromatic nitrogens is 1. The van der Waals surface area contributed by atoms with E-state index in [4.69, 9.17) is 10.5 Å². The predicted molar refractivity (Wildman–Crippen MR) is 215 cm³/mol. The number of aromatic hydroxyl groups is 1. The fourth-order valence-corrected chi connectivity index (χ4v) is 7.78. The van der Waals surface area contributed by atoms with Crippen LogP contribution in [-0.4, -0.2) is 99.1 Å². The van der Waals surface area contributed by atoms with Crippen LogP contribution in [0.4, 0.5) is 0 Å². The molecule has 3 rings (SSSR count). The van der Waals surface area contributed by atoms with Gasteiger partial charge in [-0.2, -0.15) is 0 Å². The van der Waals surface area contributed by atoms with Crippen LogP contribution in [0.5, 0.6) is 5.75 Å². The zero-order valence-corrected chi connectivity index (χ0v) is 35.0. The van der Waals surface area contributed by atoms with Crippen molar-refractivity contribution in [3.05, 3.63) is 45.9 Å². The first-order valence-electron chi connectivity index (χ1n) is 20.0. The lowest BCUT2D eigenvalue weighted by atomic mass is 9.92. The van der Waals surface area contributed by atoms with E-state index >= 15 is 0 Å². The van der Waals surface area contributed by atoms with E-state index in [1.54, 1.807) is 36.6 Å². The number of esters is 1. The van der Waals surface area contributed by atoms with Crippen LogP contribution in [0.25, 0.3) is 0 Å². The molecule has 4 amide bonds. The minimum absolute atomic E-state index is 0.0233. The number of nitrogens with two attached hydrogens (primary N) is 1. The highest BCUT2D eigenvalue weighted by molar-refractivity contribution is 7.09. The van der Waals surface area contributed by atoms with Crippen molar-refractivity contribution < 1.29 is 38.9 Å². The molecule has 15 heteroatoms. The van der Waals surface area contributed by atoms with Gasteiger partial charge in [-0.1, -0.05) is 72.9 Å². The van der Waals surface area contributed by atoms with Gasteiger partial charge >= 0.3 is 5.97 Å². The second kappa shape index (κ2) is 22.6. The van der Waals surface area contributed by atoms with Crippen LogP contribution in [0, 0.1) is 17.8 Å². The van der Waals surface area contributed by atoms with Crippen LogP contribution in [-0.2, 0) is 30.3 Å². The summed E-state index contributed by atoms with van der Waals surface area (Å²) < 4.78 is 5.62. The molecule has 312 valence electrons. The molecule has 1 unspecified atom stereocenters. The third-order valence-electron chi connectivity index (χ3n) is 10.8. The van der Waals surface area contributed by atoms with Gasteiger partial charge in [-0.05, 0) is 75.2 Å². The van der Waals surface area contributed by atoms with E-state index in [-0.39, 0.29) is 66.2 Å². The van der Waals surface area contributed by atoms with Crippen molar-refractivity contribution in [1.29, 1.82) is 0 Å². The van der Waals surface area contributed by atoms with Crippen LogP contribution in [0.15, 0.2) is 29.6 Å². The number of carbonyl (C=O) groups is 5. The summed E-state index contributed by atoms with van der Waals surface area (Å²) >= 11 is 1.10. The van der Waals surface area contributed by atoms with Crippen molar-refractivity contribution in [2.45, 2.75) is 136 Å². The molecule has 0 aliphatic carbocycles. The molecule has 1 fully saturated rings. The number of amides is 4. The Bertz CT molecular complexity index is 1590. The quantitative estimate of drug-likeness (QED) is 0.0871. The molecule has 7 atom stereocenters. The number of hydrogen-bond acceptors (Lipinski definition) is 11. The van der Waals surface area contributed by atoms with Gasteiger partial charge in [0.25, 0.3) is 5.91 Å². The van der Waals surface area contributed by atoms with Gasteiger partial charge in [0.15, 0.2) is 6.73 Å². The minimum atomic E-state index is -1.19. The largest absolute Gasteiger partial charge is 0.508 e. The Kier molecular flexibility index (Phi) is 18.7. The number of nitrogens with zero attached hydrogens (tertiary/aromatic N) is 3. The van der Waals surface area contributed by atoms with Crippen molar-refractivity contribution in [2.24, 2.45) is 23.5 Å². The first-order chi connectivity index (χ1) is 26.6. The number of likely N-dealkylation sites (N-methyl/N-ethyl adjacent to an activating group) is 1. The maximum atomic E-state index is 14.6. The van der Waals surface area contributed by atoms with Crippen LogP contribution < -0.4 is 16.4 Å². The van der Waals surface area contributed by atoms with E-state index in [2.05, 4.69) is 15.6 Å². The molecule has 2 aromatic rings. The Labute approximate surface area is 335 Å². The Balaban J connectivity index is 1.85. The molecular weight excluding hydrogens is 737 g/mol. The SMILES string of the molecule is CCCC(=O)OCN(C(=O)[C@@H](NC(=O)[C@H]1CCCCCN1C)C(C)CC)[C@H](C[C@@H](O)c1nc(C(=O)N[C@@H](Cc2ccc(O)cc2)C[C@H](C)C(N)=O)cs1)C(C)C. The van der Waals surface area contributed by atoms with E-state index in [1.165, 1.54) is 4.90 Å². The van der Waals surface area contributed by atoms with E-state index < -0.39 is 53.8 Å². The van der Waals surface area contributed by atoms with Gasteiger partial charge in [0.05, 0.1) is 6.04 Å². The molecule has 0 bridgehead atoms. The molecular formula is C41H64N6O8S. The monoisotopic (exact) mass is 800 g/mol. The number of hydrogen-bond donors (Lipinski definition) is 5. The van der Waals surface area contributed by atoms with Gasteiger partial charge in [-0.3, -0.25) is 28.9 Å². The summed E-state index contributed by atoms with van der Waals surface area (Å²) in [5, 5.41) is 29.1. The number of aliphatic hydroxyl groups is 1. The molecule has 0 saturated carbocycles. The Morgan fingerprint density at radius 3 is 2.36 bits per heavy atom. The van der Waals surface area contributed by atoms with Gasteiger partial charge in [0.1, 0.15) is 28.6 Å². The molecule has 6 N–H and O–H groups in total. The van der Waals surface area contributed by atoms with Gasteiger partial charge in [-0.25, -0.2) is 4.98 Å². The van der Waals surface area contributed by atoms with Gasteiger partial charge in [0.2, 0.25) is 17.7 Å². The third kappa shape index (κ3) is 13.8. The topological polar surface area (TPSA) is 204 Å². The number of nitrogens with one attached hydrogen (secondary N) is 2. The number of carbonyl (C=O) groups excluding carboxylic acids is 5. The Hall–Kier alpha value is -4.08. The summed E-state index contributed by atoms with van der Waals surface area (Å²) in [4.78, 5) is 74.3. The number of ether oxygens (including phenoxy) is 1. The molecule has 14 nitrogen and oxygen atoms in total. The molecule has 0 radical (unpaired) electrons. The maximum Gasteiger partial charge on any atom is 0.307 e. The second-order valence-electron chi connectivity index (χ2n) is 15.6. The van der Waals surface area contributed by atoms with E-state index in [0.717, 1.165) is 42.7 Å². The summed E-state index contributed by atoms with van der Waals surface area (Å²) in [6, 6.07) is 4.20. The summed E-state index contributed by atoms with van der Waals surface area (Å²) in [5.41, 5.74) is 6.45. The Morgan fingerprint density at radius 2 is 1.73 bits per heavy atom. The summed E-state index contributed by atoms with van der Waals surface area (Å²) in [6.45, 7) is 11.7. The number of rotatable bonds is 21. The first-order valence-corrected chi connectivity index (χ1v) is 20.9. The molecule has 1 aromatic carbocycles. The van der Waals surface area contributed by atoms with Gasteiger partial charge in [-0.15, -0.1) is 11.3 Å². The number of phenolic OH excluding ortho intramolecular Hbond substituents is 1. The molecule has 1 aliphatic heterocycles. The van der Waals surface area contributed by atoms with Crippen LogP contribution in [0.3, 0.4) is 0 Å². The fraction of sp³-hybridized carbons (Fsp3) is 0.659. The number of thiazole rings is 1. The normalized spacial score (nSPS) is 18.1. The van der Waals surface area contributed by atoms with Crippen molar-refractivity contribution in [3.8, 4) is 5.75 Å². The van der Waals surface area contributed by atoms with E-state index in [1.807, 2.05) is 46.6 Å². The van der Waals surface area contributed by atoms with E-state index in [9.17, 15) is 34.2 Å². The number of primary amides is 1. The van der Waals surface area contributed by atoms with Crippen molar-refractivity contribution >= 4 is 40.9 Å². The zero-order valence-electron chi connectivity index (χ0n) is 34.2. The third-order valence-corrected chi connectivity index (χ3v) is 11.7. The number of benzene rings is 1. The lowest BCUT2D eigenvalue weighted by Crippen LogP contribution is -2.58. The highest BCUT2D eigenvalue weighted by atomic mass is 32.1. The fourth-order valence-electron chi connectivity index (χ4n) is 6.98. The summed E-state index contributed by atoms with van der Waals surface area (Å²) in [5.74, 6) is -2.91. The van der Waals surface area contributed by atoms with Crippen LogP contribution in [0.2, 0.25) is 0 Å². The average Bonchev–Trinajstić information content (AvgIpc) is 3.56. The summed E-state index contributed by atoms with van der Waals surface area (Å²) in [6.07, 6.45) is 4.52. The number of aliphatic hydroxyl groups excluding tert-OH is 1. The molecule has 0 spiro atoms. The minimum Gasteiger partial charge on any atom is -0.508 e. The molecule has 1 aliphatic rings. The zero-order chi connectivity index (χ0) is 41.5. The molecule has 2 heterocycles. The smallest absolute Gasteiger partial charge is 0.307 e. The Morgan fingerprint density at radius 1 is 1.04 bits per heavy atom. The predicted octanol–water partition coefficient (Wildman–Crippen LogP) is 4.68. The van der Waals surface area contributed by atoms with Crippen LogP contribution >= 0.6 is 11.3 Å². The maximum absolute atomic E-state index is 14.6. The van der Waals surface area contributed by atoms with Gasteiger partial charge < -0.3 is 36.2 Å². The van der Waals surface area contributed by atoms with E-state index in [0.29, 0.717) is 25.7 Å². The highest BCUT2D eigenvalue weighted by Gasteiger charge is 2.38. The van der Waals surface area contributed by atoms with Gasteiger partial charge in [0, 0.05) is 36.2 Å². The standard InChI is InChI=1S/C41H64N6O8S/c1-8-13-35(50)55-24-47(41(54)36(26(5)9-2)45-39(53)32-14-11-10-12-19-46(32)7)33(25(3)4)22-34(49)40-44-31(23-56-40)38(52)43-29(20-27(6)37(42)51)21-28-15-17-30(48)18-16-28/h15-18,23,25-27,29,32-34,36,48-49H,8-14,19-22,24H2,1-7H3,(H2,42,51)(H,43,52)(H,45,53)/t26?,27-,29+,32+,33+,34+,36-/m0/s1.